The number of ether oxygens (including phenoxy) is 1. The number of hydrogen-bond donors (Lipinski definition) is 0. The molecule has 0 atom stereocenters. The first-order valence-corrected chi connectivity index (χ1v) is 4.89. The van der Waals surface area contributed by atoms with Crippen molar-refractivity contribution in [2.75, 3.05) is 6.61 Å². The van der Waals surface area contributed by atoms with Gasteiger partial charge in [-0.05, 0) is 13.3 Å². The van der Waals surface area contributed by atoms with Crippen LogP contribution >= 0.6 is 0 Å². The second-order valence-corrected chi connectivity index (χ2v) is 3.03. The molecule has 0 fully saturated rings. The topological polar surface area (TPSA) is 35.3 Å². The van der Waals surface area contributed by atoms with Crippen LogP contribution in [0.4, 0.5) is 0 Å². The van der Waals surface area contributed by atoms with Crippen molar-refractivity contribution in [2.45, 2.75) is 39.7 Å². The molecule has 0 aliphatic heterocycles. The van der Waals surface area contributed by atoms with Crippen molar-refractivity contribution in [2.24, 2.45) is 0 Å². The highest BCUT2D eigenvalue weighted by molar-refractivity contribution is 5.04. The average molecular weight is 183 g/mol. The van der Waals surface area contributed by atoms with Crippen LogP contribution in [0.15, 0.2) is 10.6 Å². The number of hydrogen-bond acceptors (Lipinski definition) is 3. The van der Waals surface area contributed by atoms with E-state index in [-0.39, 0.29) is 0 Å². The summed E-state index contributed by atoms with van der Waals surface area (Å²) < 4.78 is 10.3. The van der Waals surface area contributed by atoms with Crippen LogP contribution in [0.2, 0.25) is 0 Å². The molecule has 0 radical (unpaired) electrons. The van der Waals surface area contributed by atoms with E-state index in [9.17, 15) is 0 Å². The summed E-state index contributed by atoms with van der Waals surface area (Å²) in [6.07, 6.45) is 3.32. The van der Waals surface area contributed by atoms with Gasteiger partial charge in [0.15, 0.2) is 0 Å². The maximum atomic E-state index is 5.21. The number of nitrogens with zero attached hydrogens (tertiary/aromatic N) is 1. The largest absolute Gasteiger partial charge is 0.375 e. The summed E-state index contributed by atoms with van der Waals surface area (Å²) in [4.78, 5) is 0. The zero-order chi connectivity index (χ0) is 9.52. The van der Waals surface area contributed by atoms with Crippen LogP contribution < -0.4 is 0 Å². The molecule has 0 amide bonds. The normalized spacial score (nSPS) is 10.6. The standard InChI is InChI=1S/C10H17NO2/c1-3-5-6-10-7-9(11-13-10)8-12-4-2/h7H,3-6,8H2,1-2H3. The Bertz CT molecular complexity index is 210. The Kier molecular flexibility index (Phi) is 4.54. The minimum atomic E-state index is 0.562. The molecular weight excluding hydrogens is 166 g/mol. The molecule has 0 unspecified atom stereocenters. The predicted octanol–water partition coefficient (Wildman–Crippen LogP) is 2.55. The molecule has 1 aromatic heterocycles. The summed E-state index contributed by atoms with van der Waals surface area (Å²) in [5.41, 5.74) is 0.896. The monoisotopic (exact) mass is 183 g/mol. The maximum Gasteiger partial charge on any atom is 0.137 e. The van der Waals surface area contributed by atoms with E-state index in [1.165, 1.54) is 6.42 Å². The third kappa shape index (κ3) is 3.59. The second kappa shape index (κ2) is 5.75. The molecule has 0 aliphatic carbocycles. The number of aromatic nitrogens is 1. The maximum absolute atomic E-state index is 5.21. The van der Waals surface area contributed by atoms with E-state index < -0.39 is 0 Å². The van der Waals surface area contributed by atoms with Gasteiger partial charge in [0.25, 0.3) is 0 Å². The summed E-state index contributed by atoms with van der Waals surface area (Å²) in [5, 5.41) is 3.91. The van der Waals surface area contributed by atoms with Crippen LogP contribution in [0.1, 0.15) is 38.1 Å². The van der Waals surface area contributed by atoms with Gasteiger partial charge in [-0.15, -0.1) is 0 Å². The molecule has 74 valence electrons. The van der Waals surface area contributed by atoms with Crippen molar-refractivity contribution in [3.05, 3.63) is 17.5 Å². The van der Waals surface area contributed by atoms with Gasteiger partial charge < -0.3 is 9.26 Å². The molecule has 0 N–H and O–H groups in total. The molecule has 1 rings (SSSR count). The zero-order valence-electron chi connectivity index (χ0n) is 8.38. The van der Waals surface area contributed by atoms with Gasteiger partial charge in [0.2, 0.25) is 0 Å². The minimum absolute atomic E-state index is 0.562. The first-order chi connectivity index (χ1) is 6.36. The van der Waals surface area contributed by atoms with Crippen LogP contribution in [0.5, 0.6) is 0 Å². The highest BCUT2D eigenvalue weighted by Gasteiger charge is 2.02. The Morgan fingerprint density at radius 2 is 2.31 bits per heavy atom. The van der Waals surface area contributed by atoms with E-state index >= 15 is 0 Å². The van der Waals surface area contributed by atoms with Gasteiger partial charge in [-0.1, -0.05) is 18.5 Å². The molecule has 3 heteroatoms. The molecule has 0 aromatic carbocycles. The Morgan fingerprint density at radius 3 is 3.00 bits per heavy atom. The van der Waals surface area contributed by atoms with Crippen LogP contribution in [0.3, 0.4) is 0 Å². The summed E-state index contributed by atoms with van der Waals surface area (Å²) >= 11 is 0. The van der Waals surface area contributed by atoms with Gasteiger partial charge in [0.1, 0.15) is 11.5 Å². The third-order valence-corrected chi connectivity index (χ3v) is 1.84. The Morgan fingerprint density at radius 1 is 1.46 bits per heavy atom. The minimum Gasteiger partial charge on any atom is -0.375 e. The molecule has 0 bridgehead atoms. The lowest BCUT2D eigenvalue weighted by molar-refractivity contribution is 0.128. The molecule has 13 heavy (non-hydrogen) atoms. The van der Waals surface area contributed by atoms with E-state index in [0.29, 0.717) is 6.61 Å². The highest BCUT2D eigenvalue weighted by atomic mass is 16.5. The molecule has 0 spiro atoms. The van der Waals surface area contributed by atoms with Gasteiger partial charge in [-0.2, -0.15) is 0 Å². The van der Waals surface area contributed by atoms with Gasteiger partial charge >= 0.3 is 0 Å². The van der Waals surface area contributed by atoms with Gasteiger partial charge in [0, 0.05) is 19.1 Å². The second-order valence-electron chi connectivity index (χ2n) is 3.03. The summed E-state index contributed by atoms with van der Waals surface area (Å²) in [7, 11) is 0. The van der Waals surface area contributed by atoms with Gasteiger partial charge in [-0.25, -0.2) is 0 Å². The van der Waals surface area contributed by atoms with Crippen LogP contribution in [0.25, 0.3) is 0 Å². The molecular formula is C10H17NO2. The summed E-state index contributed by atoms with van der Waals surface area (Å²) in [6, 6.07) is 1.98. The predicted molar refractivity (Wildman–Crippen MR) is 50.4 cm³/mol. The van der Waals surface area contributed by atoms with Crippen LogP contribution in [-0.2, 0) is 17.8 Å². The lowest BCUT2D eigenvalue weighted by Crippen LogP contribution is -1.90. The van der Waals surface area contributed by atoms with Crippen molar-refractivity contribution in [3.8, 4) is 0 Å². The fourth-order valence-corrected chi connectivity index (χ4v) is 1.10. The van der Waals surface area contributed by atoms with Crippen molar-refractivity contribution < 1.29 is 9.26 Å². The van der Waals surface area contributed by atoms with Gasteiger partial charge in [-0.3, -0.25) is 0 Å². The van der Waals surface area contributed by atoms with E-state index in [1.807, 2.05) is 13.0 Å². The Labute approximate surface area is 79.1 Å². The van der Waals surface area contributed by atoms with Crippen LogP contribution in [-0.4, -0.2) is 11.8 Å². The Balaban J connectivity index is 2.34. The van der Waals surface area contributed by atoms with Crippen molar-refractivity contribution >= 4 is 0 Å². The lowest BCUT2D eigenvalue weighted by atomic mass is 10.2. The van der Waals surface area contributed by atoms with E-state index in [2.05, 4.69) is 12.1 Å². The first kappa shape index (κ1) is 10.3. The number of unbranched alkanes of at least 4 members (excludes halogenated alkanes) is 1. The summed E-state index contributed by atoms with van der Waals surface area (Å²) in [5.74, 6) is 0.969. The Hall–Kier alpha value is -0.830. The van der Waals surface area contributed by atoms with E-state index in [4.69, 9.17) is 9.26 Å². The first-order valence-electron chi connectivity index (χ1n) is 4.89. The molecule has 0 saturated carbocycles. The number of rotatable bonds is 6. The van der Waals surface area contributed by atoms with E-state index in [0.717, 1.165) is 30.9 Å². The van der Waals surface area contributed by atoms with Crippen molar-refractivity contribution in [1.29, 1.82) is 0 Å². The molecule has 1 aromatic rings. The lowest BCUT2D eigenvalue weighted by Gasteiger charge is -1.93. The highest BCUT2D eigenvalue weighted by Crippen LogP contribution is 2.08. The number of aryl methyl sites for hydroxylation is 1. The van der Waals surface area contributed by atoms with Crippen LogP contribution in [0, 0.1) is 0 Å². The third-order valence-electron chi connectivity index (χ3n) is 1.84. The van der Waals surface area contributed by atoms with Crippen molar-refractivity contribution in [3.63, 3.8) is 0 Å². The molecule has 0 saturated heterocycles. The quantitative estimate of drug-likeness (QED) is 0.679. The average Bonchev–Trinajstić information content (AvgIpc) is 2.59. The van der Waals surface area contributed by atoms with Gasteiger partial charge in [0.05, 0.1) is 6.61 Å². The fourth-order valence-electron chi connectivity index (χ4n) is 1.10. The molecule has 3 nitrogen and oxygen atoms in total. The van der Waals surface area contributed by atoms with E-state index in [1.54, 1.807) is 0 Å². The zero-order valence-corrected chi connectivity index (χ0v) is 8.38. The molecule has 0 aliphatic rings. The molecule has 1 heterocycles. The SMILES string of the molecule is CCCCc1cc(COCC)no1. The summed E-state index contributed by atoms with van der Waals surface area (Å²) in [6.45, 7) is 5.42. The van der Waals surface area contributed by atoms with Crippen molar-refractivity contribution in [1.82, 2.24) is 5.16 Å². The fraction of sp³-hybridized carbons (Fsp3) is 0.700. The smallest absolute Gasteiger partial charge is 0.137 e.